The van der Waals surface area contributed by atoms with Gasteiger partial charge in [-0.25, -0.2) is 0 Å². The molecule has 3 heteroatoms. The van der Waals surface area contributed by atoms with Crippen molar-refractivity contribution in [1.29, 1.82) is 0 Å². The van der Waals surface area contributed by atoms with Crippen LogP contribution in [0.25, 0.3) is 0 Å². The Morgan fingerprint density at radius 3 is 3.11 bits per heavy atom. The molecule has 0 spiro atoms. The first-order chi connectivity index (χ1) is 9.30. The molecule has 2 unspecified atom stereocenters. The maximum atomic E-state index is 6.25. The summed E-state index contributed by atoms with van der Waals surface area (Å²) in [4.78, 5) is 1.44. The molecule has 1 aliphatic heterocycles. The van der Waals surface area contributed by atoms with E-state index in [1.807, 2.05) is 17.4 Å². The summed E-state index contributed by atoms with van der Waals surface area (Å²) in [7, 11) is 0. The van der Waals surface area contributed by atoms with Crippen molar-refractivity contribution in [2.75, 3.05) is 6.54 Å². The quantitative estimate of drug-likeness (QED) is 0.830. The van der Waals surface area contributed by atoms with Crippen LogP contribution in [0.5, 0.6) is 0 Å². The van der Waals surface area contributed by atoms with E-state index in [-0.39, 0.29) is 5.54 Å². The molecule has 2 heterocycles. The fourth-order valence-electron chi connectivity index (χ4n) is 3.85. The highest BCUT2D eigenvalue weighted by Gasteiger charge is 2.49. The van der Waals surface area contributed by atoms with Crippen molar-refractivity contribution >= 4 is 22.9 Å². The van der Waals surface area contributed by atoms with Gasteiger partial charge in [0.1, 0.15) is 0 Å². The number of piperidine rings is 1. The summed E-state index contributed by atoms with van der Waals surface area (Å²) in [6.07, 6.45) is 3.76. The molecular weight excluding hydrogens is 274 g/mol. The van der Waals surface area contributed by atoms with Crippen molar-refractivity contribution in [3.8, 4) is 0 Å². The third kappa shape index (κ3) is 1.63. The Balaban J connectivity index is 1.96. The van der Waals surface area contributed by atoms with E-state index in [4.69, 9.17) is 11.6 Å². The largest absolute Gasteiger partial charge is 0.303 e. The first-order valence-electron chi connectivity index (χ1n) is 6.88. The van der Waals surface area contributed by atoms with Gasteiger partial charge in [-0.3, -0.25) is 0 Å². The second-order valence-corrected chi connectivity index (χ2v) is 6.94. The van der Waals surface area contributed by atoms with Gasteiger partial charge in [0.05, 0.1) is 5.54 Å². The minimum atomic E-state index is 0.0205. The molecule has 19 heavy (non-hydrogen) atoms. The van der Waals surface area contributed by atoms with Crippen LogP contribution in [-0.4, -0.2) is 6.54 Å². The Morgan fingerprint density at radius 1 is 1.32 bits per heavy atom. The summed E-state index contributed by atoms with van der Waals surface area (Å²) in [5, 5.41) is 6.86. The van der Waals surface area contributed by atoms with Gasteiger partial charge in [-0.15, -0.1) is 11.3 Å². The van der Waals surface area contributed by atoms with Crippen molar-refractivity contribution in [3.63, 3.8) is 0 Å². The van der Waals surface area contributed by atoms with E-state index >= 15 is 0 Å². The SMILES string of the molecule is Clc1ccc2c(c1)C1(c3cccs3)NCCCC1C2. The lowest BCUT2D eigenvalue weighted by Crippen LogP contribution is -2.50. The zero-order chi connectivity index (χ0) is 12.9. The maximum Gasteiger partial charge on any atom is 0.0819 e. The van der Waals surface area contributed by atoms with Crippen molar-refractivity contribution in [2.24, 2.45) is 5.92 Å². The topological polar surface area (TPSA) is 12.0 Å². The number of hydrogen-bond donors (Lipinski definition) is 1. The van der Waals surface area contributed by atoms with Gasteiger partial charge in [0.15, 0.2) is 0 Å². The zero-order valence-corrected chi connectivity index (χ0v) is 12.2. The number of halogens is 1. The smallest absolute Gasteiger partial charge is 0.0819 e. The molecule has 1 saturated heterocycles. The Labute approximate surface area is 122 Å². The van der Waals surface area contributed by atoms with Crippen molar-refractivity contribution in [2.45, 2.75) is 24.8 Å². The molecule has 98 valence electrons. The van der Waals surface area contributed by atoms with Crippen LogP contribution in [0.1, 0.15) is 28.8 Å². The lowest BCUT2D eigenvalue weighted by molar-refractivity contribution is 0.224. The number of rotatable bonds is 1. The second kappa shape index (κ2) is 4.34. The lowest BCUT2D eigenvalue weighted by atomic mass is 9.77. The number of nitrogens with one attached hydrogen (secondary N) is 1. The van der Waals surface area contributed by atoms with E-state index in [2.05, 4.69) is 35.0 Å². The molecule has 1 aromatic carbocycles. The minimum Gasteiger partial charge on any atom is -0.303 e. The van der Waals surface area contributed by atoms with E-state index < -0.39 is 0 Å². The normalized spacial score (nSPS) is 29.0. The average molecular weight is 290 g/mol. The number of hydrogen-bond acceptors (Lipinski definition) is 2. The van der Waals surface area contributed by atoms with Gasteiger partial charge in [0.25, 0.3) is 0 Å². The van der Waals surface area contributed by atoms with Gasteiger partial charge < -0.3 is 5.32 Å². The summed E-state index contributed by atoms with van der Waals surface area (Å²) in [6, 6.07) is 10.8. The Hall–Kier alpha value is -0.830. The fourth-order valence-corrected chi connectivity index (χ4v) is 5.02. The molecule has 4 rings (SSSR count). The molecular formula is C16H16ClNS. The van der Waals surface area contributed by atoms with Crippen LogP contribution in [0.15, 0.2) is 35.7 Å². The van der Waals surface area contributed by atoms with Gasteiger partial charge in [-0.1, -0.05) is 23.7 Å². The Kier molecular flexibility index (Phi) is 2.73. The van der Waals surface area contributed by atoms with Crippen LogP contribution >= 0.6 is 22.9 Å². The molecule has 2 aromatic rings. The highest BCUT2D eigenvalue weighted by Crippen LogP contribution is 2.51. The first-order valence-corrected chi connectivity index (χ1v) is 8.14. The minimum absolute atomic E-state index is 0.0205. The van der Waals surface area contributed by atoms with Gasteiger partial charge in [0, 0.05) is 9.90 Å². The molecule has 1 aliphatic carbocycles. The molecule has 0 radical (unpaired) electrons. The highest BCUT2D eigenvalue weighted by atomic mass is 35.5. The van der Waals surface area contributed by atoms with E-state index in [0.29, 0.717) is 5.92 Å². The molecule has 0 amide bonds. The predicted molar refractivity (Wildman–Crippen MR) is 81.0 cm³/mol. The predicted octanol–water partition coefficient (Wildman–Crippen LogP) is 4.20. The Bertz CT molecular complexity index is 607. The summed E-state index contributed by atoms with van der Waals surface area (Å²) in [5.41, 5.74) is 2.90. The van der Waals surface area contributed by atoms with E-state index in [1.165, 1.54) is 35.3 Å². The van der Waals surface area contributed by atoms with Crippen LogP contribution in [0.3, 0.4) is 0 Å². The molecule has 1 fully saturated rings. The standard InChI is InChI=1S/C16H16ClNS/c17-13-6-5-11-9-12-3-1-7-18-16(12,14(11)10-13)15-4-2-8-19-15/h2,4-6,8,10,12,18H,1,3,7,9H2. The van der Waals surface area contributed by atoms with Crippen LogP contribution < -0.4 is 5.32 Å². The van der Waals surface area contributed by atoms with Crippen molar-refractivity contribution in [3.05, 3.63) is 56.7 Å². The molecule has 0 bridgehead atoms. The number of fused-ring (bicyclic) bond motifs is 3. The first kappa shape index (κ1) is 12.0. The summed E-state index contributed by atoms with van der Waals surface area (Å²) in [6.45, 7) is 1.10. The zero-order valence-electron chi connectivity index (χ0n) is 10.7. The number of thiophene rings is 1. The molecule has 1 N–H and O–H groups in total. The van der Waals surface area contributed by atoms with E-state index in [1.54, 1.807) is 0 Å². The molecule has 1 aromatic heterocycles. The van der Waals surface area contributed by atoms with Crippen LogP contribution in [-0.2, 0) is 12.0 Å². The van der Waals surface area contributed by atoms with Crippen LogP contribution in [0, 0.1) is 5.92 Å². The van der Waals surface area contributed by atoms with Gasteiger partial charge in [-0.2, -0.15) is 0 Å². The lowest BCUT2D eigenvalue weighted by Gasteiger charge is -2.41. The fraction of sp³-hybridized carbons (Fsp3) is 0.375. The van der Waals surface area contributed by atoms with Crippen LogP contribution in [0.4, 0.5) is 0 Å². The molecule has 2 aliphatic rings. The molecule has 1 nitrogen and oxygen atoms in total. The van der Waals surface area contributed by atoms with Gasteiger partial charge >= 0.3 is 0 Å². The van der Waals surface area contributed by atoms with E-state index in [9.17, 15) is 0 Å². The summed E-state index contributed by atoms with van der Waals surface area (Å²) < 4.78 is 0. The molecule has 0 saturated carbocycles. The van der Waals surface area contributed by atoms with Gasteiger partial charge in [0.2, 0.25) is 0 Å². The monoisotopic (exact) mass is 289 g/mol. The van der Waals surface area contributed by atoms with E-state index in [0.717, 1.165) is 11.6 Å². The third-order valence-electron chi connectivity index (χ3n) is 4.62. The second-order valence-electron chi connectivity index (χ2n) is 5.56. The number of benzene rings is 1. The summed E-state index contributed by atoms with van der Waals surface area (Å²) >= 11 is 8.11. The van der Waals surface area contributed by atoms with Crippen molar-refractivity contribution < 1.29 is 0 Å². The van der Waals surface area contributed by atoms with Crippen LogP contribution in [0.2, 0.25) is 5.02 Å². The van der Waals surface area contributed by atoms with Crippen molar-refractivity contribution in [1.82, 2.24) is 5.32 Å². The molecule has 2 atom stereocenters. The average Bonchev–Trinajstić information content (AvgIpc) is 3.04. The van der Waals surface area contributed by atoms with Gasteiger partial charge in [-0.05, 0) is 66.4 Å². The third-order valence-corrected chi connectivity index (χ3v) is 5.86. The highest BCUT2D eigenvalue weighted by molar-refractivity contribution is 7.10. The summed E-state index contributed by atoms with van der Waals surface area (Å²) in [5.74, 6) is 0.674. The Morgan fingerprint density at radius 2 is 2.26 bits per heavy atom. The maximum absolute atomic E-state index is 6.25.